The molecule has 0 unspecified atom stereocenters. The van der Waals surface area contributed by atoms with Crippen LogP contribution >= 0.6 is 0 Å². The van der Waals surface area contributed by atoms with Gasteiger partial charge in [0.2, 0.25) is 0 Å². The summed E-state index contributed by atoms with van der Waals surface area (Å²) in [4.78, 5) is 0. The molecule has 1 fully saturated rings. The normalized spacial score (nSPS) is 24.9. The van der Waals surface area contributed by atoms with Gasteiger partial charge in [-0.05, 0) is 30.4 Å². The Morgan fingerprint density at radius 2 is 2.09 bits per heavy atom. The van der Waals surface area contributed by atoms with Crippen LogP contribution in [0, 0.1) is 5.92 Å². The van der Waals surface area contributed by atoms with Crippen LogP contribution in [-0.2, 0) is 0 Å². The first kappa shape index (κ1) is 6.96. The van der Waals surface area contributed by atoms with E-state index in [-0.39, 0.29) is 0 Å². The van der Waals surface area contributed by atoms with Crippen LogP contribution in [0.4, 0.5) is 0 Å². The molecule has 0 N–H and O–H groups in total. The van der Waals surface area contributed by atoms with Crippen LogP contribution in [-0.4, -0.2) is 6.54 Å². The van der Waals surface area contributed by atoms with Gasteiger partial charge >= 0.3 is 0 Å². The molecule has 0 aromatic heterocycles. The first-order valence-electron chi connectivity index (χ1n) is 4.50. The quantitative estimate of drug-likeness (QED) is 0.541. The Morgan fingerprint density at radius 3 is 2.73 bits per heavy atom. The molecule has 1 nitrogen and oxygen atoms in total. The van der Waals surface area contributed by atoms with E-state index in [1.165, 1.54) is 31.3 Å². The highest BCUT2D eigenvalue weighted by atomic mass is 14.8. The average Bonchev–Trinajstić information content (AvgIpc) is 2.58. The van der Waals surface area contributed by atoms with Crippen molar-refractivity contribution in [2.75, 3.05) is 6.54 Å². The van der Waals surface area contributed by atoms with Gasteiger partial charge in [-0.25, -0.2) is 0 Å². The summed E-state index contributed by atoms with van der Waals surface area (Å²) in [5, 5.41) is 4.14. The lowest BCUT2D eigenvalue weighted by Gasteiger charge is -2.12. The minimum atomic E-state index is 0.863. The molecule has 1 aliphatic carbocycles. The summed E-state index contributed by atoms with van der Waals surface area (Å²) in [5.74, 6) is 0.863. The van der Waals surface area contributed by atoms with Gasteiger partial charge in [0.15, 0.2) is 0 Å². The second kappa shape index (κ2) is 3.12. The molecule has 1 heteroatoms. The van der Waals surface area contributed by atoms with E-state index < -0.39 is 0 Å². The monoisotopic (exact) mass is 148 g/mol. The summed E-state index contributed by atoms with van der Waals surface area (Å²) in [5.41, 5.74) is 1.54. The Morgan fingerprint density at radius 1 is 1.27 bits per heavy atom. The average molecular weight is 148 g/mol. The van der Waals surface area contributed by atoms with Gasteiger partial charge in [0, 0.05) is 6.20 Å². The van der Waals surface area contributed by atoms with Crippen LogP contribution in [0.1, 0.15) is 25.7 Å². The van der Waals surface area contributed by atoms with Crippen molar-refractivity contribution in [3.8, 4) is 0 Å². The van der Waals surface area contributed by atoms with Crippen LogP contribution < -0.4 is 5.32 Å². The molecule has 0 aromatic carbocycles. The highest BCUT2D eigenvalue weighted by Crippen LogP contribution is 2.31. The molecule has 0 spiro atoms. The van der Waals surface area contributed by atoms with Crippen molar-refractivity contribution in [3.05, 3.63) is 23.9 Å². The third-order valence-electron chi connectivity index (χ3n) is 2.63. The summed E-state index contributed by atoms with van der Waals surface area (Å²) < 4.78 is 0. The van der Waals surface area contributed by atoms with E-state index in [0.717, 1.165) is 12.5 Å². The molecular weight excluding hydrogens is 134 g/mol. The van der Waals surface area contributed by atoms with Gasteiger partial charge in [0.25, 0.3) is 0 Å². The van der Waals surface area contributed by atoms with Crippen LogP contribution in [0.5, 0.6) is 0 Å². The standard InChI is InChI=1S/C10H14N/c1-2-4-9(3-1)10-5-7-11-8-6-10/h5-7,9H,1-4,8H2. The van der Waals surface area contributed by atoms with Crippen LogP contribution in [0.15, 0.2) is 23.9 Å². The van der Waals surface area contributed by atoms with Crippen molar-refractivity contribution in [3.63, 3.8) is 0 Å². The summed E-state index contributed by atoms with van der Waals surface area (Å²) in [6.45, 7) is 0.905. The third kappa shape index (κ3) is 1.47. The maximum Gasteiger partial charge on any atom is 0.0576 e. The zero-order valence-electron chi connectivity index (χ0n) is 6.79. The lowest BCUT2D eigenvalue weighted by molar-refractivity contribution is 0.648. The molecule has 0 aromatic rings. The van der Waals surface area contributed by atoms with Gasteiger partial charge in [-0.3, -0.25) is 5.32 Å². The Kier molecular flexibility index (Phi) is 1.97. The second-order valence-electron chi connectivity index (χ2n) is 3.37. The van der Waals surface area contributed by atoms with E-state index in [9.17, 15) is 0 Å². The van der Waals surface area contributed by atoms with E-state index in [1.807, 2.05) is 6.20 Å². The SMILES string of the molecule is C1=CC(C2CCCC2)=CC[N]1. The Bertz CT molecular complexity index is 185. The molecule has 0 bridgehead atoms. The Labute approximate surface area is 68.2 Å². The van der Waals surface area contributed by atoms with Crippen molar-refractivity contribution in [2.45, 2.75) is 25.7 Å². The number of allylic oxidation sites excluding steroid dienone is 2. The predicted octanol–water partition coefficient (Wildman–Crippen LogP) is 2.23. The molecule has 0 saturated heterocycles. The Hall–Kier alpha value is -0.720. The zero-order chi connectivity index (χ0) is 7.52. The van der Waals surface area contributed by atoms with Gasteiger partial charge in [-0.1, -0.05) is 18.9 Å². The molecule has 0 amide bonds. The van der Waals surface area contributed by atoms with Crippen molar-refractivity contribution in [1.82, 2.24) is 5.32 Å². The maximum absolute atomic E-state index is 4.14. The first-order chi connectivity index (χ1) is 5.47. The minimum absolute atomic E-state index is 0.863. The highest BCUT2D eigenvalue weighted by molar-refractivity contribution is 5.25. The zero-order valence-corrected chi connectivity index (χ0v) is 6.79. The highest BCUT2D eigenvalue weighted by Gasteiger charge is 2.17. The van der Waals surface area contributed by atoms with Crippen LogP contribution in [0.3, 0.4) is 0 Å². The molecule has 2 aliphatic rings. The van der Waals surface area contributed by atoms with Gasteiger partial charge < -0.3 is 0 Å². The van der Waals surface area contributed by atoms with E-state index in [0.29, 0.717) is 0 Å². The molecule has 11 heavy (non-hydrogen) atoms. The fraction of sp³-hybridized carbons (Fsp3) is 0.600. The van der Waals surface area contributed by atoms with Crippen molar-refractivity contribution < 1.29 is 0 Å². The van der Waals surface area contributed by atoms with Gasteiger partial charge in [-0.2, -0.15) is 0 Å². The molecule has 0 atom stereocenters. The summed E-state index contributed by atoms with van der Waals surface area (Å²) in [6.07, 6.45) is 12.1. The lowest BCUT2D eigenvalue weighted by Crippen LogP contribution is -2.06. The van der Waals surface area contributed by atoms with E-state index >= 15 is 0 Å². The van der Waals surface area contributed by atoms with E-state index in [2.05, 4.69) is 17.5 Å². The largest absolute Gasteiger partial charge is 0.289 e. The van der Waals surface area contributed by atoms with Crippen molar-refractivity contribution >= 4 is 0 Å². The van der Waals surface area contributed by atoms with Gasteiger partial charge in [0.05, 0.1) is 6.54 Å². The topological polar surface area (TPSA) is 14.1 Å². The molecule has 1 saturated carbocycles. The van der Waals surface area contributed by atoms with E-state index in [1.54, 1.807) is 0 Å². The Balaban J connectivity index is 2.02. The fourth-order valence-electron chi connectivity index (χ4n) is 1.99. The number of nitrogens with zero attached hydrogens (tertiary/aromatic N) is 1. The molecule has 59 valence electrons. The summed E-state index contributed by atoms with van der Waals surface area (Å²) >= 11 is 0. The summed E-state index contributed by atoms with van der Waals surface area (Å²) in [7, 11) is 0. The minimum Gasteiger partial charge on any atom is -0.289 e. The third-order valence-corrected chi connectivity index (χ3v) is 2.63. The maximum atomic E-state index is 4.14. The van der Waals surface area contributed by atoms with Crippen LogP contribution in [0.2, 0.25) is 0 Å². The summed E-state index contributed by atoms with van der Waals surface area (Å²) in [6, 6.07) is 0. The molecule has 1 aliphatic heterocycles. The molecular formula is C10H14N. The smallest absolute Gasteiger partial charge is 0.0576 e. The van der Waals surface area contributed by atoms with Crippen molar-refractivity contribution in [2.24, 2.45) is 5.92 Å². The van der Waals surface area contributed by atoms with Crippen LogP contribution in [0.25, 0.3) is 0 Å². The number of hydrogen-bond donors (Lipinski definition) is 0. The molecule has 1 radical (unpaired) electrons. The van der Waals surface area contributed by atoms with Gasteiger partial charge in [0.1, 0.15) is 0 Å². The predicted molar refractivity (Wildman–Crippen MR) is 46.2 cm³/mol. The van der Waals surface area contributed by atoms with E-state index in [4.69, 9.17) is 0 Å². The van der Waals surface area contributed by atoms with Gasteiger partial charge in [-0.15, -0.1) is 0 Å². The molecule has 2 rings (SSSR count). The fourth-order valence-corrected chi connectivity index (χ4v) is 1.99. The first-order valence-corrected chi connectivity index (χ1v) is 4.50. The lowest BCUT2D eigenvalue weighted by atomic mass is 9.96. The number of rotatable bonds is 1. The molecule has 1 heterocycles. The second-order valence-corrected chi connectivity index (χ2v) is 3.37. The number of hydrogen-bond acceptors (Lipinski definition) is 0. The van der Waals surface area contributed by atoms with Crippen molar-refractivity contribution in [1.29, 1.82) is 0 Å².